The molecule has 0 nitrogen and oxygen atoms in total. The summed E-state index contributed by atoms with van der Waals surface area (Å²) in [5, 5.41) is 0. The smallest absolute Gasteiger partial charge is 0.0452 e. The number of hydrogen-bond acceptors (Lipinski definition) is 6. The summed E-state index contributed by atoms with van der Waals surface area (Å²) in [6.45, 7) is 23.3. The van der Waals surface area contributed by atoms with Crippen molar-refractivity contribution in [3.8, 4) is 61.3 Å². The third kappa shape index (κ3) is 4.96. The number of fused-ring (bicyclic) bond motifs is 12. The molecule has 6 heteroatoms. The molecular weight excluding hydrogens is 793 g/mol. The third-order valence-corrected chi connectivity index (χ3v) is 19.9. The second kappa shape index (κ2) is 12.1. The van der Waals surface area contributed by atoms with Gasteiger partial charge < -0.3 is 0 Å². The lowest BCUT2D eigenvalue weighted by molar-refractivity contribution is 0.645. The zero-order valence-electron chi connectivity index (χ0n) is 33.6. The molecule has 0 radical (unpaired) electrons. The Morgan fingerprint density at radius 1 is 0.393 bits per heavy atom. The summed E-state index contributed by atoms with van der Waals surface area (Å²) >= 11 is 11.7. The number of benzene rings is 2. The molecule has 0 unspecified atom stereocenters. The molecule has 0 saturated heterocycles. The van der Waals surface area contributed by atoms with Crippen LogP contribution in [0.3, 0.4) is 0 Å². The Labute approximate surface area is 355 Å². The van der Waals surface area contributed by atoms with Crippen LogP contribution in [-0.2, 0) is 23.7 Å². The van der Waals surface area contributed by atoms with E-state index in [4.69, 9.17) is 0 Å². The van der Waals surface area contributed by atoms with E-state index in [1.165, 1.54) is 114 Å². The molecule has 0 N–H and O–H groups in total. The summed E-state index contributed by atoms with van der Waals surface area (Å²) in [5.41, 5.74) is 21.5. The van der Waals surface area contributed by atoms with Crippen LogP contribution in [-0.4, -0.2) is 0 Å². The highest BCUT2D eigenvalue weighted by Gasteiger charge is 2.46. The lowest BCUT2D eigenvalue weighted by atomic mass is 9.74. The summed E-state index contributed by atoms with van der Waals surface area (Å²) in [4.78, 5) is 17.4. The molecule has 0 aliphatic heterocycles. The van der Waals surface area contributed by atoms with E-state index < -0.39 is 0 Å². The van der Waals surface area contributed by atoms with Crippen LogP contribution in [0.1, 0.15) is 103 Å². The molecule has 0 saturated carbocycles. The maximum atomic E-state index is 2.50. The molecule has 0 fully saturated rings. The Morgan fingerprint density at radius 3 is 1.18 bits per heavy atom. The first kappa shape index (κ1) is 35.8. The van der Waals surface area contributed by atoms with Crippen LogP contribution in [0.15, 0.2) is 60.7 Å². The van der Waals surface area contributed by atoms with Crippen molar-refractivity contribution in [3.05, 3.63) is 136 Å². The second-order valence-electron chi connectivity index (χ2n) is 17.5. The van der Waals surface area contributed by atoms with Crippen molar-refractivity contribution in [2.24, 2.45) is 0 Å². The highest BCUT2D eigenvalue weighted by atomic mass is 32.1. The average Bonchev–Trinajstić information content (AvgIpc) is 3.96. The summed E-state index contributed by atoms with van der Waals surface area (Å²) in [5.74, 6) is 0. The van der Waals surface area contributed by atoms with Gasteiger partial charge in [0.25, 0.3) is 0 Å². The van der Waals surface area contributed by atoms with Gasteiger partial charge in [-0.3, -0.25) is 0 Å². The summed E-state index contributed by atoms with van der Waals surface area (Å²) < 4.78 is 0. The van der Waals surface area contributed by atoms with Crippen molar-refractivity contribution in [1.82, 2.24) is 0 Å². The van der Waals surface area contributed by atoms with Crippen LogP contribution in [0, 0.1) is 41.5 Å². The number of aryl methyl sites for hydroxylation is 4. The van der Waals surface area contributed by atoms with Gasteiger partial charge in [0.15, 0.2) is 0 Å². The highest BCUT2D eigenvalue weighted by molar-refractivity contribution is 7.24. The van der Waals surface area contributed by atoms with Crippen molar-refractivity contribution in [1.29, 1.82) is 0 Å². The minimum Gasteiger partial charge on any atom is -0.140 e. The van der Waals surface area contributed by atoms with Gasteiger partial charge in [-0.05, 0) is 193 Å². The second-order valence-corrected chi connectivity index (χ2v) is 24.7. The Bertz CT molecular complexity index is 2780. The van der Waals surface area contributed by atoms with E-state index in [1.807, 2.05) is 68.0 Å². The molecule has 6 heterocycles. The Balaban J connectivity index is 0.000000131. The van der Waals surface area contributed by atoms with E-state index in [0.29, 0.717) is 0 Å². The van der Waals surface area contributed by atoms with Gasteiger partial charge in [0.05, 0.1) is 0 Å². The number of thiophene rings is 6. The molecule has 0 atom stereocenters. The van der Waals surface area contributed by atoms with Gasteiger partial charge in [-0.15, -0.1) is 68.0 Å². The zero-order chi connectivity index (χ0) is 38.7. The van der Waals surface area contributed by atoms with Gasteiger partial charge in [0.1, 0.15) is 0 Å². The first-order chi connectivity index (χ1) is 26.7. The largest absolute Gasteiger partial charge is 0.140 e. The van der Waals surface area contributed by atoms with Gasteiger partial charge in [0.2, 0.25) is 0 Å². The average molecular weight is 837 g/mol. The SMILES string of the molecule is Cc1cc2c(s1)-c1c(C)c3c(c(C)c1C2(C)C)-c1sc(C)cc1C3(C)C.Cc1ccc(-c2cc3c(s2)-c2cc4c(cc2C3)-c2sc(-c3ccc(C)s3)cc2C4)s1. The molecule has 2 aromatic carbocycles. The van der Waals surface area contributed by atoms with Crippen LogP contribution in [0.2, 0.25) is 0 Å². The number of rotatable bonds is 2. The Kier molecular flexibility index (Phi) is 7.73. The van der Waals surface area contributed by atoms with Crippen molar-refractivity contribution in [2.45, 2.75) is 92.9 Å². The van der Waals surface area contributed by atoms with Crippen molar-refractivity contribution >= 4 is 68.0 Å². The van der Waals surface area contributed by atoms with E-state index in [9.17, 15) is 0 Å². The number of hydrogen-bond donors (Lipinski definition) is 0. The molecule has 4 aliphatic carbocycles. The topological polar surface area (TPSA) is 0 Å². The van der Waals surface area contributed by atoms with Gasteiger partial charge in [-0.2, -0.15) is 0 Å². The summed E-state index contributed by atoms with van der Waals surface area (Å²) in [6.07, 6.45) is 2.16. The quantitative estimate of drug-likeness (QED) is 0.163. The highest BCUT2D eigenvalue weighted by Crippen LogP contribution is 2.62. The molecule has 8 aromatic rings. The standard InChI is InChI=1S/C26H18S4.C24H26S2/c1-13-3-5-21(27-13)23-11-17-7-15-10-20-16(9-19(15)25(17)29-23)8-18-12-24(30-26(18)20)22-6-4-14(2)28-22;1-11-9-15-21(25-11)17-13(3)20-18(14(4)19(17)23(15,5)6)22-16(24(20,7)8)10-12(2)26-22/h3-6,9-12H,7-8H2,1-2H3;9-10H,1-8H3. The van der Waals surface area contributed by atoms with Gasteiger partial charge in [-0.25, -0.2) is 0 Å². The van der Waals surface area contributed by atoms with Crippen molar-refractivity contribution in [2.75, 3.05) is 0 Å². The van der Waals surface area contributed by atoms with Gasteiger partial charge >= 0.3 is 0 Å². The molecular formula is C50H44S6. The van der Waals surface area contributed by atoms with Gasteiger partial charge in [-0.1, -0.05) is 27.7 Å². The van der Waals surface area contributed by atoms with Gasteiger partial charge in [0, 0.05) is 69.4 Å². The third-order valence-electron chi connectivity index (χ3n) is 12.9. The maximum Gasteiger partial charge on any atom is 0.0452 e. The minimum absolute atomic E-state index is 0.0957. The molecule has 6 aromatic heterocycles. The van der Waals surface area contributed by atoms with E-state index in [0.717, 1.165) is 12.8 Å². The molecule has 56 heavy (non-hydrogen) atoms. The predicted octanol–water partition coefficient (Wildman–Crippen LogP) is 16.7. The van der Waals surface area contributed by atoms with E-state index >= 15 is 0 Å². The fourth-order valence-electron chi connectivity index (χ4n) is 10.5. The first-order valence-corrected chi connectivity index (χ1v) is 24.5. The van der Waals surface area contributed by atoms with Crippen LogP contribution in [0.25, 0.3) is 61.3 Å². The Hall–Kier alpha value is -3.36. The monoisotopic (exact) mass is 836 g/mol. The fourth-order valence-corrected chi connectivity index (χ4v) is 17.4. The maximum absolute atomic E-state index is 2.50. The van der Waals surface area contributed by atoms with E-state index in [2.05, 4.69) is 130 Å². The molecule has 0 bridgehead atoms. The predicted molar refractivity (Wildman–Crippen MR) is 251 cm³/mol. The molecule has 280 valence electrons. The lowest BCUT2D eigenvalue weighted by Gasteiger charge is -2.29. The fraction of sp³-hybridized carbons (Fsp3) is 0.280. The summed E-state index contributed by atoms with van der Waals surface area (Å²) in [6, 6.07) is 23.7. The van der Waals surface area contributed by atoms with Crippen molar-refractivity contribution in [3.63, 3.8) is 0 Å². The molecule has 0 spiro atoms. The van der Waals surface area contributed by atoms with Crippen LogP contribution < -0.4 is 0 Å². The first-order valence-electron chi connectivity index (χ1n) is 19.6. The Morgan fingerprint density at radius 2 is 0.804 bits per heavy atom. The van der Waals surface area contributed by atoms with Crippen molar-refractivity contribution < 1.29 is 0 Å². The van der Waals surface area contributed by atoms with Crippen LogP contribution >= 0.6 is 68.0 Å². The lowest BCUT2D eigenvalue weighted by Crippen LogP contribution is -2.20. The van der Waals surface area contributed by atoms with Crippen LogP contribution in [0.4, 0.5) is 0 Å². The van der Waals surface area contributed by atoms with E-state index in [-0.39, 0.29) is 10.8 Å². The summed E-state index contributed by atoms with van der Waals surface area (Å²) in [7, 11) is 0. The zero-order valence-corrected chi connectivity index (χ0v) is 38.5. The molecule has 12 rings (SSSR count). The van der Waals surface area contributed by atoms with Crippen LogP contribution in [0.5, 0.6) is 0 Å². The molecule has 0 amide bonds. The van der Waals surface area contributed by atoms with E-state index in [1.54, 1.807) is 22.3 Å². The minimum atomic E-state index is 0.0957. The molecule has 4 aliphatic rings. The normalized spacial score (nSPS) is 15.5.